The number of quaternary nitrogens is 1. The standard InChI is InChI=1S/C18H33N4O/c1-22(2)11-9-21(10-12-22)8-4-14-23-13-3-5-16-6-7-17(19)15-18(16)20/h6-7,15H,3-5,8-14,19-20H2,1-2H3/q+1. The number of hydrogen-bond acceptors (Lipinski definition) is 4. The third-order valence-corrected chi connectivity index (χ3v) is 4.71. The molecule has 1 aliphatic heterocycles. The summed E-state index contributed by atoms with van der Waals surface area (Å²) in [6.07, 6.45) is 3.08. The second-order valence-corrected chi connectivity index (χ2v) is 7.25. The van der Waals surface area contributed by atoms with E-state index in [2.05, 4.69) is 19.0 Å². The van der Waals surface area contributed by atoms with E-state index in [1.165, 1.54) is 26.2 Å². The number of rotatable bonds is 8. The van der Waals surface area contributed by atoms with Crippen LogP contribution in [0.3, 0.4) is 0 Å². The SMILES string of the molecule is C[N+]1(C)CCN(CCCOCCCc2ccc(N)cc2N)CC1. The molecule has 130 valence electrons. The average Bonchev–Trinajstić information content (AvgIpc) is 2.49. The first-order valence-electron chi connectivity index (χ1n) is 8.72. The van der Waals surface area contributed by atoms with E-state index in [1.807, 2.05) is 18.2 Å². The molecule has 0 amide bonds. The smallest absolute Gasteiger partial charge is 0.0912 e. The highest BCUT2D eigenvalue weighted by atomic mass is 16.5. The van der Waals surface area contributed by atoms with Crippen molar-refractivity contribution in [3.05, 3.63) is 23.8 Å². The molecule has 0 bridgehead atoms. The molecular weight excluding hydrogens is 288 g/mol. The fourth-order valence-electron chi connectivity index (χ4n) is 2.97. The van der Waals surface area contributed by atoms with Crippen LogP contribution in [0.2, 0.25) is 0 Å². The summed E-state index contributed by atoms with van der Waals surface area (Å²) in [4.78, 5) is 2.56. The number of nitrogens with two attached hydrogens (primary N) is 2. The van der Waals surface area contributed by atoms with Crippen LogP contribution in [0.1, 0.15) is 18.4 Å². The Bertz CT molecular complexity index is 480. The van der Waals surface area contributed by atoms with Crippen molar-refractivity contribution in [2.75, 3.05) is 71.5 Å². The van der Waals surface area contributed by atoms with Crippen LogP contribution in [0, 0.1) is 0 Å². The number of hydrogen-bond donors (Lipinski definition) is 2. The van der Waals surface area contributed by atoms with E-state index in [9.17, 15) is 0 Å². The molecule has 1 aromatic carbocycles. The highest BCUT2D eigenvalue weighted by Crippen LogP contribution is 2.17. The summed E-state index contributed by atoms with van der Waals surface area (Å²) in [5.74, 6) is 0. The molecule has 2 rings (SSSR count). The maximum atomic E-state index is 5.96. The number of nitrogens with zero attached hydrogens (tertiary/aromatic N) is 2. The molecule has 0 atom stereocenters. The number of likely N-dealkylation sites (N-methyl/N-ethyl adjacent to an activating group) is 1. The summed E-state index contributed by atoms with van der Waals surface area (Å²) in [5.41, 5.74) is 14.3. The normalized spacial score (nSPS) is 18.2. The molecule has 0 saturated carbocycles. The Morgan fingerprint density at radius 1 is 1.09 bits per heavy atom. The largest absolute Gasteiger partial charge is 0.399 e. The molecule has 0 spiro atoms. The van der Waals surface area contributed by atoms with Gasteiger partial charge in [0.15, 0.2) is 0 Å². The first kappa shape index (κ1) is 18.0. The van der Waals surface area contributed by atoms with Gasteiger partial charge in [0.2, 0.25) is 0 Å². The Balaban J connectivity index is 1.50. The minimum Gasteiger partial charge on any atom is -0.399 e. The molecule has 0 aromatic heterocycles. The maximum absolute atomic E-state index is 5.96. The second kappa shape index (κ2) is 8.52. The Morgan fingerprint density at radius 2 is 1.78 bits per heavy atom. The van der Waals surface area contributed by atoms with Crippen LogP contribution < -0.4 is 11.5 Å². The van der Waals surface area contributed by atoms with Gasteiger partial charge in [-0.15, -0.1) is 0 Å². The molecule has 4 N–H and O–H groups in total. The van der Waals surface area contributed by atoms with E-state index in [0.717, 1.165) is 60.4 Å². The van der Waals surface area contributed by atoms with E-state index in [-0.39, 0.29) is 0 Å². The van der Waals surface area contributed by atoms with Gasteiger partial charge in [0.05, 0.1) is 27.2 Å². The minimum atomic E-state index is 0.724. The highest BCUT2D eigenvalue weighted by Gasteiger charge is 2.23. The Kier molecular flexibility index (Phi) is 6.69. The van der Waals surface area contributed by atoms with Crippen molar-refractivity contribution in [1.29, 1.82) is 0 Å². The quantitative estimate of drug-likeness (QED) is 0.433. The fourth-order valence-corrected chi connectivity index (χ4v) is 2.97. The second-order valence-electron chi connectivity index (χ2n) is 7.25. The van der Waals surface area contributed by atoms with E-state index >= 15 is 0 Å². The number of nitrogen functional groups attached to an aromatic ring is 2. The van der Waals surface area contributed by atoms with E-state index < -0.39 is 0 Å². The number of anilines is 2. The molecule has 1 heterocycles. The molecule has 1 saturated heterocycles. The molecule has 0 radical (unpaired) electrons. The minimum absolute atomic E-state index is 0.724. The van der Waals surface area contributed by atoms with Crippen molar-refractivity contribution in [2.24, 2.45) is 0 Å². The average molecular weight is 321 g/mol. The molecule has 0 aliphatic carbocycles. The lowest BCUT2D eigenvalue weighted by Gasteiger charge is -2.39. The van der Waals surface area contributed by atoms with E-state index in [4.69, 9.17) is 16.2 Å². The monoisotopic (exact) mass is 321 g/mol. The van der Waals surface area contributed by atoms with Crippen LogP contribution in [0.5, 0.6) is 0 Å². The lowest BCUT2D eigenvalue weighted by atomic mass is 10.1. The van der Waals surface area contributed by atoms with Gasteiger partial charge >= 0.3 is 0 Å². The van der Waals surface area contributed by atoms with Crippen molar-refractivity contribution in [3.63, 3.8) is 0 Å². The van der Waals surface area contributed by atoms with Crippen LogP contribution in [0.4, 0.5) is 11.4 Å². The summed E-state index contributed by atoms with van der Waals surface area (Å²) in [6, 6.07) is 5.75. The predicted molar refractivity (Wildman–Crippen MR) is 97.3 cm³/mol. The van der Waals surface area contributed by atoms with E-state index in [1.54, 1.807) is 0 Å². The summed E-state index contributed by atoms with van der Waals surface area (Å²) in [7, 11) is 4.63. The Labute approximate surface area is 140 Å². The summed E-state index contributed by atoms with van der Waals surface area (Å²) >= 11 is 0. The molecule has 1 fully saturated rings. The topological polar surface area (TPSA) is 64.5 Å². The number of benzene rings is 1. The zero-order chi connectivity index (χ0) is 16.7. The van der Waals surface area contributed by atoms with Crippen molar-refractivity contribution in [2.45, 2.75) is 19.3 Å². The van der Waals surface area contributed by atoms with Gasteiger partial charge < -0.3 is 20.7 Å². The summed E-state index contributed by atoms with van der Waals surface area (Å²) < 4.78 is 6.91. The third-order valence-electron chi connectivity index (χ3n) is 4.71. The van der Waals surface area contributed by atoms with Gasteiger partial charge in [0.1, 0.15) is 0 Å². The van der Waals surface area contributed by atoms with Crippen molar-refractivity contribution >= 4 is 11.4 Å². The van der Waals surface area contributed by atoms with Crippen LogP contribution in [0.25, 0.3) is 0 Å². The molecular formula is C18H33N4O+. The van der Waals surface area contributed by atoms with Crippen molar-refractivity contribution in [3.8, 4) is 0 Å². The zero-order valence-electron chi connectivity index (χ0n) is 14.8. The lowest BCUT2D eigenvalue weighted by molar-refractivity contribution is -0.894. The molecule has 5 nitrogen and oxygen atoms in total. The molecule has 1 aromatic rings. The molecule has 1 aliphatic rings. The van der Waals surface area contributed by atoms with Gasteiger partial charge in [0, 0.05) is 44.2 Å². The van der Waals surface area contributed by atoms with Gasteiger partial charge in [-0.3, -0.25) is 4.90 Å². The maximum Gasteiger partial charge on any atom is 0.0912 e. The summed E-state index contributed by atoms with van der Waals surface area (Å²) in [5, 5.41) is 0. The Hall–Kier alpha value is -1.30. The molecule has 5 heteroatoms. The lowest BCUT2D eigenvalue weighted by Crippen LogP contribution is -2.54. The van der Waals surface area contributed by atoms with Crippen LogP contribution in [-0.4, -0.2) is 69.4 Å². The van der Waals surface area contributed by atoms with Gasteiger partial charge in [-0.25, -0.2) is 0 Å². The van der Waals surface area contributed by atoms with E-state index in [0.29, 0.717) is 0 Å². The first-order valence-corrected chi connectivity index (χ1v) is 8.72. The van der Waals surface area contributed by atoms with Crippen molar-refractivity contribution < 1.29 is 9.22 Å². The number of ether oxygens (including phenoxy) is 1. The van der Waals surface area contributed by atoms with Gasteiger partial charge in [0.25, 0.3) is 0 Å². The van der Waals surface area contributed by atoms with Crippen LogP contribution in [0.15, 0.2) is 18.2 Å². The Morgan fingerprint density at radius 3 is 2.48 bits per heavy atom. The first-order chi connectivity index (χ1) is 11.0. The predicted octanol–water partition coefficient (Wildman–Crippen LogP) is 1.58. The summed E-state index contributed by atoms with van der Waals surface area (Å²) in [6.45, 7) is 7.74. The van der Waals surface area contributed by atoms with Gasteiger partial charge in [-0.05, 0) is 37.0 Å². The molecule has 23 heavy (non-hydrogen) atoms. The van der Waals surface area contributed by atoms with Gasteiger partial charge in [-0.2, -0.15) is 0 Å². The van der Waals surface area contributed by atoms with Crippen molar-refractivity contribution in [1.82, 2.24) is 4.90 Å². The zero-order valence-corrected chi connectivity index (χ0v) is 14.8. The number of piperazine rings is 1. The fraction of sp³-hybridized carbons (Fsp3) is 0.667. The van der Waals surface area contributed by atoms with Gasteiger partial charge in [-0.1, -0.05) is 6.07 Å². The highest BCUT2D eigenvalue weighted by molar-refractivity contribution is 5.56. The van der Waals surface area contributed by atoms with Crippen LogP contribution in [-0.2, 0) is 11.2 Å². The van der Waals surface area contributed by atoms with Crippen LogP contribution >= 0.6 is 0 Å². The number of aryl methyl sites for hydroxylation is 1. The molecule has 0 unspecified atom stereocenters. The third kappa shape index (κ3) is 6.37.